The Hall–Kier alpha value is -1.76. The molecule has 2 rings (SSSR count). The molecule has 0 aliphatic rings. The van der Waals surface area contributed by atoms with Gasteiger partial charge in [-0.2, -0.15) is 0 Å². The van der Waals surface area contributed by atoms with E-state index in [1.54, 1.807) is 0 Å². The molecule has 0 saturated carbocycles. The van der Waals surface area contributed by atoms with Gasteiger partial charge in [0.05, 0.1) is 0 Å². The number of benzene rings is 2. The number of ether oxygens (including phenoxy) is 1. The van der Waals surface area contributed by atoms with E-state index in [-0.39, 0.29) is 0 Å². The molecule has 0 N–H and O–H groups in total. The van der Waals surface area contributed by atoms with Gasteiger partial charge in [-0.15, -0.1) is 0 Å². The van der Waals surface area contributed by atoms with E-state index in [0.717, 1.165) is 5.75 Å². The topological polar surface area (TPSA) is 9.23 Å². The van der Waals surface area contributed by atoms with E-state index < -0.39 is 0 Å². The zero-order valence-corrected chi connectivity index (χ0v) is 10.8. The minimum Gasteiger partial charge on any atom is -0.489 e. The fourth-order valence-electron chi connectivity index (χ4n) is 1.45. The normalized spacial score (nSPS) is 9.12. The lowest BCUT2D eigenvalue weighted by molar-refractivity contribution is 0.305. The van der Waals surface area contributed by atoms with Gasteiger partial charge in [-0.25, -0.2) is 0 Å². The molecule has 0 fully saturated rings. The Balaban J connectivity index is 0.000000686. The van der Waals surface area contributed by atoms with Gasteiger partial charge in [0, 0.05) is 0 Å². The quantitative estimate of drug-likeness (QED) is 0.746. The van der Waals surface area contributed by atoms with Crippen LogP contribution in [0.15, 0.2) is 54.6 Å². The summed E-state index contributed by atoms with van der Waals surface area (Å²) in [6, 6.07) is 18.2. The van der Waals surface area contributed by atoms with Crippen molar-refractivity contribution in [1.29, 1.82) is 0 Å². The molecule has 0 atom stereocenters. The molecule has 0 spiro atoms. The van der Waals surface area contributed by atoms with Crippen LogP contribution in [0.3, 0.4) is 0 Å². The van der Waals surface area contributed by atoms with Crippen molar-refractivity contribution in [1.82, 2.24) is 0 Å². The van der Waals surface area contributed by atoms with Gasteiger partial charge in [0.2, 0.25) is 0 Å². The predicted octanol–water partition coefficient (Wildman–Crippen LogP) is 4.60. The highest BCUT2D eigenvalue weighted by Gasteiger charge is 1.97. The van der Waals surface area contributed by atoms with E-state index >= 15 is 0 Å². The van der Waals surface area contributed by atoms with Crippen LogP contribution in [0.4, 0.5) is 0 Å². The summed E-state index contributed by atoms with van der Waals surface area (Å²) in [6.45, 7) is 6.74. The summed E-state index contributed by atoms with van der Waals surface area (Å²) in [5.74, 6) is 0.917. The maximum atomic E-state index is 5.67. The smallest absolute Gasteiger partial charge is 0.119 e. The number of aryl methyl sites for hydroxylation is 1. The monoisotopic (exact) mass is 228 g/mol. The highest BCUT2D eigenvalue weighted by atomic mass is 16.5. The molecule has 2 aromatic rings. The fraction of sp³-hybridized carbons (Fsp3) is 0.250. The molecule has 0 amide bonds. The maximum absolute atomic E-state index is 5.67. The van der Waals surface area contributed by atoms with Crippen LogP contribution >= 0.6 is 0 Å². The Bertz CT molecular complexity index is 421. The van der Waals surface area contributed by atoms with E-state index in [0.29, 0.717) is 6.61 Å². The first kappa shape index (κ1) is 13.3. The number of hydrogen-bond acceptors (Lipinski definition) is 1. The molecule has 0 radical (unpaired) electrons. The van der Waals surface area contributed by atoms with Gasteiger partial charge in [0.15, 0.2) is 0 Å². The van der Waals surface area contributed by atoms with Crippen LogP contribution in [0.25, 0.3) is 0 Å². The fourth-order valence-corrected chi connectivity index (χ4v) is 1.45. The van der Waals surface area contributed by atoms with Gasteiger partial charge in [-0.05, 0) is 30.2 Å². The van der Waals surface area contributed by atoms with Gasteiger partial charge in [0.1, 0.15) is 12.4 Å². The summed E-state index contributed by atoms with van der Waals surface area (Å²) in [7, 11) is 0. The van der Waals surface area contributed by atoms with Crippen LogP contribution < -0.4 is 4.74 Å². The Labute approximate surface area is 104 Å². The van der Waals surface area contributed by atoms with Gasteiger partial charge >= 0.3 is 0 Å². The van der Waals surface area contributed by atoms with Crippen molar-refractivity contribution >= 4 is 0 Å². The summed E-state index contributed by atoms with van der Waals surface area (Å²) in [5.41, 5.74) is 2.51. The Morgan fingerprint density at radius 3 is 2.06 bits per heavy atom. The Morgan fingerprint density at radius 1 is 0.824 bits per heavy atom. The highest BCUT2D eigenvalue weighted by Crippen LogP contribution is 2.13. The number of rotatable bonds is 3. The summed E-state index contributed by atoms with van der Waals surface area (Å²) in [4.78, 5) is 0. The molecule has 1 nitrogen and oxygen atoms in total. The Kier molecular flexibility index (Phi) is 5.87. The minimum atomic E-state index is 0.636. The average Bonchev–Trinajstić information content (AvgIpc) is 2.41. The van der Waals surface area contributed by atoms with Crippen molar-refractivity contribution in [3.8, 4) is 5.75 Å². The molecule has 0 heterocycles. The maximum Gasteiger partial charge on any atom is 0.119 e. The zero-order chi connectivity index (χ0) is 12.5. The standard InChI is InChI=1S/C14H14O.C2H6/c1-12-7-5-6-8-13(12)11-15-14-9-3-2-4-10-14;1-2/h2-10H,11H2,1H3;1-2H3. The van der Waals surface area contributed by atoms with E-state index in [1.165, 1.54) is 11.1 Å². The predicted molar refractivity (Wildman–Crippen MR) is 73.3 cm³/mol. The third-order valence-corrected chi connectivity index (χ3v) is 2.40. The second-order valence-corrected chi connectivity index (χ2v) is 3.53. The lowest BCUT2D eigenvalue weighted by Crippen LogP contribution is -1.97. The molecule has 0 aromatic heterocycles. The molecule has 1 heteroatoms. The van der Waals surface area contributed by atoms with Crippen molar-refractivity contribution in [2.45, 2.75) is 27.4 Å². The average molecular weight is 228 g/mol. The van der Waals surface area contributed by atoms with E-state index in [4.69, 9.17) is 4.74 Å². The third kappa shape index (κ3) is 4.31. The number of hydrogen-bond donors (Lipinski definition) is 0. The minimum absolute atomic E-state index is 0.636. The van der Waals surface area contributed by atoms with Gasteiger partial charge < -0.3 is 4.74 Å². The molecular weight excluding hydrogens is 208 g/mol. The molecule has 17 heavy (non-hydrogen) atoms. The van der Waals surface area contributed by atoms with Crippen molar-refractivity contribution < 1.29 is 4.74 Å². The van der Waals surface area contributed by atoms with Crippen molar-refractivity contribution in [2.75, 3.05) is 0 Å². The van der Waals surface area contributed by atoms with Crippen molar-refractivity contribution in [3.63, 3.8) is 0 Å². The first-order valence-corrected chi connectivity index (χ1v) is 6.08. The number of para-hydroxylation sites is 1. The van der Waals surface area contributed by atoms with Crippen LogP contribution in [-0.4, -0.2) is 0 Å². The molecule has 0 unspecified atom stereocenters. The van der Waals surface area contributed by atoms with Crippen molar-refractivity contribution in [2.24, 2.45) is 0 Å². The van der Waals surface area contributed by atoms with Crippen LogP contribution in [0.5, 0.6) is 5.75 Å². The van der Waals surface area contributed by atoms with E-state index in [9.17, 15) is 0 Å². The van der Waals surface area contributed by atoms with Crippen LogP contribution in [0.1, 0.15) is 25.0 Å². The summed E-state index contributed by atoms with van der Waals surface area (Å²) >= 11 is 0. The largest absolute Gasteiger partial charge is 0.489 e. The SMILES string of the molecule is CC.Cc1ccccc1COc1ccccc1. The first-order valence-electron chi connectivity index (χ1n) is 6.08. The van der Waals surface area contributed by atoms with E-state index in [2.05, 4.69) is 19.1 Å². The second kappa shape index (κ2) is 7.50. The second-order valence-electron chi connectivity index (χ2n) is 3.53. The summed E-state index contributed by atoms with van der Waals surface area (Å²) in [6.07, 6.45) is 0. The third-order valence-electron chi connectivity index (χ3n) is 2.40. The summed E-state index contributed by atoms with van der Waals surface area (Å²) < 4.78 is 5.67. The van der Waals surface area contributed by atoms with Crippen LogP contribution in [-0.2, 0) is 6.61 Å². The molecule has 0 aliphatic heterocycles. The van der Waals surface area contributed by atoms with E-state index in [1.807, 2.05) is 56.3 Å². The van der Waals surface area contributed by atoms with Crippen LogP contribution in [0, 0.1) is 6.92 Å². The molecule has 2 aromatic carbocycles. The first-order chi connectivity index (χ1) is 8.36. The molecular formula is C16H20O. The van der Waals surface area contributed by atoms with Gasteiger partial charge in [0.25, 0.3) is 0 Å². The lowest BCUT2D eigenvalue weighted by Gasteiger charge is -2.07. The highest BCUT2D eigenvalue weighted by molar-refractivity contribution is 5.26. The molecule has 0 aliphatic carbocycles. The zero-order valence-electron chi connectivity index (χ0n) is 10.8. The van der Waals surface area contributed by atoms with Crippen LogP contribution in [0.2, 0.25) is 0 Å². The molecule has 0 saturated heterocycles. The molecule has 90 valence electrons. The van der Waals surface area contributed by atoms with Crippen molar-refractivity contribution in [3.05, 3.63) is 65.7 Å². The molecule has 0 bridgehead atoms. The van der Waals surface area contributed by atoms with Gasteiger partial charge in [-0.1, -0.05) is 56.3 Å². The summed E-state index contributed by atoms with van der Waals surface area (Å²) in [5, 5.41) is 0. The lowest BCUT2D eigenvalue weighted by atomic mass is 10.1. The Morgan fingerprint density at radius 2 is 1.41 bits per heavy atom. The van der Waals surface area contributed by atoms with Gasteiger partial charge in [-0.3, -0.25) is 0 Å².